The summed E-state index contributed by atoms with van der Waals surface area (Å²) in [6, 6.07) is 4.74. The fourth-order valence-corrected chi connectivity index (χ4v) is 6.93. The minimum Gasteiger partial charge on any atom is -0.411 e. The second-order valence-corrected chi connectivity index (χ2v) is 11.6. The minimum atomic E-state index is -3.44. The van der Waals surface area contributed by atoms with Gasteiger partial charge in [-0.2, -0.15) is 0 Å². The molecule has 0 aliphatic carbocycles. The second kappa shape index (κ2) is 10.4. The number of unbranched alkanes of at least 4 members (excludes halogenated alkanes) is 1. The number of carbonyl (C=O) groups is 1. The van der Waals surface area contributed by atoms with Crippen LogP contribution in [0.4, 0.5) is 4.39 Å². The SMILES string of the molecule is CN1CC/C(=N/O)C2C=CN(CCCCN3CCC(S(=O)(=O)c4ccc(F)cc4)CC3)C2C1=O. The van der Waals surface area contributed by atoms with Gasteiger partial charge in [0, 0.05) is 32.5 Å². The Balaban J connectivity index is 1.23. The highest BCUT2D eigenvalue weighted by molar-refractivity contribution is 7.92. The quantitative estimate of drug-likeness (QED) is 0.272. The first kappa shape index (κ1) is 24.7. The lowest BCUT2D eigenvalue weighted by Crippen LogP contribution is -2.46. The monoisotopic (exact) mass is 492 g/mol. The molecule has 2 unspecified atom stereocenters. The molecule has 0 bridgehead atoms. The average molecular weight is 493 g/mol. The zero-order chi connectivity index (χ0) is 24.3. The van der Waals surface area contributed by atoms with Crippen LogP contribution in [0.1, 0.15) is 32.1 Å². The van der Waals surface area contributed by atoms with Crippen molar-refractivity contribution in [3.63, 3.8) is 0 Å². The third kappa shape index (κ3) is 5.12. The molecule has 1 aromatic carbocycles. The summed E-state index contributed by atoms with van der Waals surface area (Å²) < 4.78 is 38.8. The van der Waals surface area contributed by atoms with Crippen LogP contribution in [0.2, 0.25) is 0 Å². The Bertz CT molecular complexity index is 1040. The third-order valence-corrected chi connectivity index (χ3v) is 9.56. The second-order valence-electron chi connectivity index (χ2n) is 9.40. The standard InChI is InChI=1S/C24H33FN4O4S/c1-27-14-11-22(26-31)21-10-17-29(23(21)24(27)30)13-3-2-12-28-15-8-20(9-16-28)34(32,33)19-6-4-18(25)5-7-19/h4-7,10,17,20-21,23,31H,2-3,8-9,11-16H2,1H3/b26-22-. The van der Waals surface area contributed by atoms with Gasteiger partial charge in [-0.15, -0.1) is 0 Å². The number of fused-ring (bicyclic) bond motifs is 1. The zero-order valence-corrected chi connectivity index (χ0v) is 20.3. The summed E-state index contributed by atoms with van der Waals surface area (Å²) in [5.74, 6) is -0.561. The first-order chi connectivity index (χ1) is 16.3. The molecule has 0 saturated carbocycles. The van der Waals surface area contributed by atoms with Gasteiger partial charge in [0.15, 0.2) is 9.84 Å². The summed E-state index contributed by atoms with van der Waals surface area (Å²) in [6.45, 7) is 3.62. The zero-order valence-electron chi connectivity index (χ0n) is 19.5. The topological polar surface area (TPSA) is 93.5 Å². The van der Waals surface area contributed by atoms with Crippen LogP contribution in [-0.4, -0.2) is 91.0 Å². The Labute approximate surface area is 200 Å². The molecule has 1 amide bonds. The molecule has 0 aromatic heterocycles. The fraction of sp³-hybridized carbons (Fsp3) is 0.583. The van der Waals surface area contributed by atoms with E-state index in [1.807, 2.05) is 12.3 Å². The lowest BCUT2D eigenvalue weighted by atomic mass is 9.95. The van der Waals surface area contributed by atoms with Crippen LogP contribution in [0.15, 0.2) is 46.6 Å². The van der Waals surface area contributed by atoms with Crippen molar-refractivity contribution in [1.29, 1.82) is 0 Å². The fourth-order valence-electron chi connectivity index (χ4n) is 5.20. The maximum Gasteiger partial charge on any atom is 0.246 e. The van der Waals surface area contributed by atoms with Crippen molar-refractivity contribution in [3.05, 3.63) is 42.4 Å². The van der Waals surface area contributed by atoms with E-state index in [1.165, 1.54) is 24.3 Å². The Kier molecular flexibility index (Phi) is 7.57. The van der Waals surface area contributed by atoms with Crippen molar-refractivity contribution in [3.8, 4) is 0 Å². The number of likely N-dealkylation sites (tertiary alicyclic amines) is 2. The molecule has 2 saturated heterocycles. The number of benzene rings is 1. The smallest absolute Gasteiger partial charge is 0.246 e. The molecule has 8 nitrogen and oxygen atoms in total. The van der Waals surface area contributed by atoms with Gasteiger partial charge in [0.05, 0.1) is 15.9 Å². The molecule has 2 fully saturated rings. The van der Waals surface area contributed by atoms with E-state index in [9.17, 15) is 22.8 Å². The van der Waals surface area contributed by atoms with Crippen LogP contribution in [0.5, 0.6) is 0 Å². The Hall–Kier alpha value is -2.46. The van der Waals surface area contributed by atoms with Gasteiger partial charge in [0.2, 0.25) is 5.91 Å². The van der Waals surface area contributed by atoms with Crippen molar-refractivity contribution in [2.75, 3.05) is 39.8 Å². The van der Waals surface area contributed by atoms with Crippen molar-refractivity contribution in [1.82, 2.24) is 14.7 Å². The van der Waals surface area contributed by atoms with Gasteiger partial charge in [-0.05, 0) is 75.8 Å². The number of halogens is 1. The Morgan fingerprint density at radius 2 is 1.76 bits per heavy atom. The van der Waals surface area contributed by atoms with E-state index in [4.69, 9.17) is 0 Å². The van der Waals surface area contributed by atoms with Gasteiger partial charge < -0.3 is 19.9 Å². The number of carbonyl (C=O) groups excluding carboxylic acids is 1. The first-order valence-electron chi connectivity index (χ1n) is 11.9. The molecule has 34 heavy (non-hydrogen) atoms. The molecule has 10 heteroatoms. The van der Waals surface area contributed by atoms with E-state index < -0.39 is 20.9 Å². The van der Waals surface area contributed by atoms with Gasteiger partial charge in [0.25, 0.3) is 0 Å². The largest absolute Gasteiger partial charge is 0.411 e. The molecule has 0 radical (unpaired) electrons. The minimum absolute atomic E-state index is 0.0538. The molecule has 4 rings (SSSR count). The highest BCUT2D eigenvalue weighted by Crippen LogP contribution is 2.29. The van der Waals surface area contributed by atoms with Crippen LogP contribution >= 0.6 is 0 Å². The summed E-state index contributed by atoms with van der Waals surface area (Å²) in [5, 5.41) is 12.4. The molecule has 2 atom stereocenters. The summed E-state index contributed by atoms with van der Waals surface area (Å²) in [7, 11) is -1.65. The lowest BCUT2D eigenvalue weighted by molar-refractivity contribution is -0.134. The van der Waals surface area contributed by atoms with Crippen molar-refractivity contribution >= 4 is 21.5 Å². The van der Waals surface area contributed by atoms with E-state index in [0.717, 1.165) is 39.0 Å². The van der Waals surface area contributed by atoms with Gasteiger partial charge >= 0.3 is 0 Å². The predicted molar refractivity (Wildman–Crippen MR) is 127 cm³/mol. The van der Waals surface area contributed by atoms with E-state index in [0.29, 0.717) is 31.5 Å². The third-order valence-electron chi connectivity index (χ3n) is 7.28. The Morgan fingerprint density at radius 3 is 2.44 bits per heavy atom. The molecule has 3 heterocycles. The van der Waals surface area contributed by atoms with Crippen LogP contribution < -0.4 is 0 Å². The number of likely N-dealkylation sites (N-methyl/N-ethyl adjacent to an activating group) is 1. The number of nitrogens with zero attached hydrogens (tertiary/aromatic N) is 4. The van der Waals surface area contributed by atoms with E-state index in [-0.39, 0.29) is 22.8 Å². The molecule has 186 valence electrons. The number of hydrogen-bond acceptors (Lipinski definition) is 7. The van der Waals surface area contributed by atoms with E-state index in [1.54, 1.807) is 11.9 Å². The number of sulfone groups is 1. The highest BCUT2D eigenvalue weighted by Gasteiger charge is 2.41. The average Bonchev–Trinajstić information content (AvgIpc) is 3.20. The number of rotatable bonds is 7. The molecular formula is C24H33FN4O4S. The van der Waals surface area contributed by atoms with Gasteiger partial charge in [-0.25, -0.2) is 12.8 Å². The van der Waals surface area contributed by atoms with Crippen molar-refractivity contribution in [2.24, 2.45) is 11.1 Å². The maximum absolute atomic E-state index is 13.1. The van der Waals surface area contributed by atoms with Crippen LogP contribution in [0.3, 0.4) is 0 Å². The molecule has 3 aliphatic rings. The van der Waals surface area contributed by atoms with E-state index in [2.05, 4.69) is 15.0 Å². The molecule has 3 aliphatic heterocycles. The van der Waals surface area contributed by atoms with Crippen LogP contribution in [-0.2, 0) is 14.6 Å². The normalized spacial score (nSPS) is 25.7. The molecule has 0 spiro atoms. The van der Waals surface area contributed by atoms with Gasteiger partial charge in [0.1, 0.15) is 11.9 Å². The molecule has 1 N–H and O–H groups in total. The summed E-state index contributed by atoms with van der Waals surface area (Å²) in [5.41, 5.74) is 0.653. The van der Waals surface area contributed by atoms with E-state index >= 15 is 0 Å². The number of hydrogen-bond donors (Lipinski definition) is 1. The first-order valence-corrected chi connectivity index (χ1v) is 13.5. The van der Waals surface area contributed by atoms with Crippen LogP contribution in [0, 0.1) is 11.7 Å². The number of oxime groups is 1. The number of amides is 1. The predicted octanol–water partition coefficient (Wildman–Crippen LogP) is 2.35. The molecule has 1 aromatic rings. The van der Waals surface area contributed by atoms with Crippen molar-refractivity contribution < 1.29 is 22.8 Å². The van der Waals surface area contributed by atoms with Gasteiger partial charge in [-0.1, -0.05) is 11.2 Å². The summed E-state index contributed by atoms with van der Waals surface area (Å²) >= 11 is 0. The number of piperidine rings is 1. The van der Waals surface area contributed by atoms with Gasteiger partial charge in [-0.3, -0.25) is 4.79 Å². The summed E-state index contributed by atoms with van der Waals surface area (Å²) in [6.07, 6.45) is 7.48. The van der Waals surface area contributed by atoms with Crippen molar-refractivity contribution in [2.45, 2.75) is 48.3 Å². The maximum atomic E-state index is 13.1. The molecular weight excluding hydrogens is 459 g/mol. The lowest BCUT2D eigenvalue weighted by Gasteiger charge is -2.32. The summed E-state index contributed by atoms with van der Waals surface area (Å²) in [4.78, 5) is 19.1. The highest BCUT2D eigenvalue weighted by atomic mass is 32.2. The Morgan fingerprint density at radius 1 is 1.09 bits per heavy atom. The van der Waals surface area contributed by atoms with Crippen LogP contribution in [0.25, 0.3) is 0 Å².